The topological polar surface area (TPSA) is 38.8 Å². The Morgan fingerprint density at radius 3 is 2.69 bits per heavy atom. The Bertz CT molecular complexity index is 199. The van der Waals surface area contributed by atoms with Gasteiger partial charge in [-0.3, -0.25) is 4.79 Å². The van der Waals surface area contributed by atoms with E-state index in [0.717, 1.165) is 25.9 Å². The molecule has 0 saturated carbocycles. The maximum atomic E-state index is 11.7. The number of hydrogen-bond donors (Lipinski definition) is 0. The summed E-state index contributed by atoms with van der Waals surface area (Å²) in [5, 5.41) is 0. The minimum atomic E-state index is -0.0329. The van der Waals surface area contributed by atoms with Gasteiger partial charge in [-0.2, -0.15) is 0 Å². The lowest BCUT2D eigenvalue weighted by Crippen LogP contribution is -2.19. The quantitative estimate of drug-likeness (QED) is 0.346. The number of carbonyl (C=O) groups excluding carboxylic acids is 1. The summed E-state index contributed by atoms with van der Waals surface area (Å²) in [6.07, 6.45) is 6.91. The molecule has 0 amide bonds. The van der Waals surface area contributed by atoms with Gasteiger partial charge in [-0.05, 0) is 12.8 Å². The maximum Gasteiger partial charge on any atom is 0.309 e. The highest BCUT2D eigenvalue weighted by Crippen LogP contribution is 2.17. The summed E-state index contributed by atoms with van der Waals surface area (Å²) >= 11 is 0. The number of unbranched alkanes of at least 4 members (excludes halogenated alkanes) is 3. The van der Waals surface area contributed by atoms with E-state index in [2.05, 4.69) is 13.8 Å². The highest BCUT2D eigenvalue weighted by molar-refractivity contribution is 5.72. The number of hydrogen-bond acceptors (Lipinski definition) is 3. The number of ether oxygens (including phenoxy) is 2. The Hall–Kier alpha value is -0.570. The molecule has 94 valence electrons. The summed E-state index contributed by atoms with van der Waals surface area (Å²) in [6.45, 7) is 5.45. The zero-order chi connectivity index (χ0) is 11.8. The molecule has 0 radical (unpaired) electrons. The van der Waals surface area contributed by atoms with Gasteiger partial charge >= 0.3 is 5.97 Å². The Labute approximate surface area is 98.5 Å². The number of carbonyl (C=O) groups is 1. The predicted molar refractivity (Wildman–Crippen MR) is 63.2 cm³/mol. The smallest absolute Gasteiger partial charge is 0.309 e. The fourth-order valence-corrected chi connectivity index (χ4v) is 1.76. The van der Waals surface area contributed by atoms with Gasteiger partial charge in [0.2, 0.25) is 0 Å². The molecule has 3 heteroatoms. The van der Waals surface area contributed by atoms with Gasteiger partial charge in [0.1, 0.15) is 12.7 Å². The van der Waals surface area contributed by atoms with Crippen LogP contribution in [-0.2, 0) is 14.3 Å². The first-order valence-electron chi connectivity index (χ1n) is 6.56. The van der Waals surface area contributed by atoms with Gasteiger partial charge < -0.3 is 9.47 Å². The van der Waals surface area contributed by atoms with Crippen LogP contribution in [0.25, 0.3) is 0 Å². The van der Waals surface area contributed by atoms with Crippen LogP contribution in [0.15, 0.2) is 0 Å². The van der Waals surface area contributed by atoms with Crippen LogP contribution in [0.4, 0.5) is 0 Å². The average Bonchev–Trinajstić information content (AvgIpc) is 3.10. The molecule has 2 unspecified atom stereocenters. The largest absolute Gasteiger partial charge is 0.463 e. The fourth-order valence-electron chi connectivity index (χ4n) is 1.76. The zero-order valence-electron chi connectivity index (χ0n) is 10.5. The SMILES string of the molecule is CCCCCCC(CC)C(=O)OCC1CO1. The highest BCUT2D eigenvalue weighted by atomic mass is 16.6. The van der Waals surface area contributed by atoms with Crippen LogP contribution in [0.3, 0.4) is 0 Å². The summed E-state index contributed by atoms with van der Waals surface area (Å²) < 4.78 is 10.2. The third-order valence-electron chi connectivity index (χ3n) is 3.05. The molecule has 0 aromatic carbocycles. The summed E-state index contributed by atoms with van der Waals surface area (Å²) in [6, 6.07) is 0. The summed E-state index contributed by atoms with van der Waals surface area (Å²) in [5.74, 6) is 0.0603. The average molecular weight is 228 g/mol. The highest BCUT2D eigenvalue weighted by Gasteiger charge is 2.26. The van der Waals surface area contributed by atoms with Gasteiger partial charge in [0.05, 0.1) is 12.5 Å². The lowest BCUT2D eigenvalue weighted by Gasteiger charge is -2.13. The molecule has 3 nitrogen and oxygen atoms in total. The van der Waals surface area contributed by atoms with E-state index < -0.39 is 0 Å². The van der Waals surface area contributed by atoms with Crippen molar-refractivity contribution in [1.29, 1.82) is 0 Å². The minimum Gasteiger partial charge on any atom is -0.463 e. The van der Waals surface area contributed by atoms with E-state index in [0.29, 0.717) is 6.61 Å². The van der Waals surface area contributed by atoms with Crippen molar-refractivity contribution in [1.82, 2.24) is 0 Å². The van der Waals surface area contributed by atoms with Crippen molar-refractivity contribution in [2.45, 2.75) is 58.5 Å². The van der Waals surface area contributed by atoms with Gasteiger partial charge in [0, 0.05) is 0 Å². The Balaban J connectivity index is 2.09. The molecule has 0 aliphatic carbocycles. The summed E-state index contributed by atoms with van der Waals surface area (Å²) in [5.41, 5.74) is 0. The zero-order valence-corrected chi connectivity index (χ0v) is 10.5. The first-order chi connectivity index (χ1) is 7.77. The summed E-state index contributed by atoms with van der Waals surface area (Å²) in [4.78, 5) is 11.7. The first-order valence-corrected chi connectivity index (χ1v) is 6.56. The lowest BCUT2D eigenvalue weighted by atomic mass is 9.98. The van der Waals surface area contributed by atoms with Gasteiger partial charge in [-0.1, -0.05) is 39.5 Å². The van der Waals surface area contributed by atoms with E-state index in [1.807, 2.05) is 0 Å². The minimum absolute atomic E-state index is 0.0329. The van der Waals surface area contributed by atoms with Crippen LogP contribution >= 0.6 is 0 Å². The molecular weight excluding hydrogens is 204 g/mol. The Morgan fingerprint density at radius 2 is 2.12 bits per heavy atom. The molecule has 0 N–H and O–H groups in total. The molecule has 1 aliphatic heterocycles. The standard InChI is InChI=1S/C13H24O3/c1-3-5-6-7-8-11(4-2)13(14)16-10-12-9-15-12/h11-12H,3-10H2,1-2H3. The van der Waals surface area contributed by atoms with E-state index in [1.54, 1.807) is 0 Å². The Morgan fingerprint density at radius 1 is 1.38 bits per heavy atom. The molecule has 0 aromatic heterocycles. The lowest BCUT2D eigenvalue weighted by molar-refractivity contribution is -0.149. The van der Waals surface area contributed by atoms with Crippen LogP contribution in [0, 0.1) is 5.92 Å². The van der Waals surface area contributed by atoms with E-state index in [4.69, 9.17) is 9.47 Å². The molecule has 1 aliphatic rings. The number of esters is 1. The van der Waals surface area contributed by atoms with E-state index in [1.165, 1.54) is 19.3 Å². The van der Waals surface area contributed by atoms with E-state index in [9.17, 15) is 4.79 Å². The molecular formula is C13H24O3. The fraction of sp³-hybridized carbons (Fsp3) is 0.923. The van der Waals surface area contributed by atoms with Crippen LogP contribution in [0.1, 0.15) is 52.4 Å². The third-order valence-corrected chi connectivity index (χ3v) is 3.05. The van der Waals surface area contributed by atoms with Crippen molar-refractivity contribution < 1.29 is 14.3 Å². The second-order valence-corrected chi connectivity index (χ2v) is 4.54. The molecule has 16 heavy (non-hydrogen) atoms. The molecule has 0 spiro atoms. The molecule has 1 heterocycles. The van der Waals surface area contributed by atoms with Crippen LogP contribution in [-0.4, -0.2) is 25.3 Å². The van der Waals surface area contributed by atoms with Crippen molar-refractivity contribution in [2.24, 2.45) is 5.92 Å². The normalized spacial score (nSPS) is 20.5. The van der Waals surface area contributed by atoms with Crippen molar-refractivity contribution in [3.05, 3.63) is 0 Å². The second kappa shape index (κ2) is 7.66. The van der Waals surface area contributed by atoms with E-state index >= 15 is 0 Å². The Kier molecular flexibility index (Phi) is 6.46. The summed E-state index contributed by atoms with van der Waals surface area (Å²) in [7, 11) is 0. The van der Waals surface area contributed by atoms with Crippen LogP contribution in [0.5, 0.6) is 0 Å². The predicted octanol–water partition coefficient (Wildman–Crippen LogP) is 2.93. The maximum absolute atomic E-state index is 11.7. The molecule has 1 rings (SSSR count). The molecule has 1 saturated heterocycles. The molecule has 2 atom stereocenters. The van der Waals surface area contributed by atoms with Gasteiger partial charge in [0.25, 0.3) is 0 Å². The van der Waals surface area contributed by atoms with Crippen LogP contribution < -0.4 is 0 Å². The van der Waals surface area contributed by atoms with Crippen molar-refractivity contribution >= 4 is 5.97 Å². The van der Waals surface area contributed by atoms with Crippen molar-refractivity contribution in [2.75, 3.05) is 13.2 Å². The third kappa shape index (κ3) is 5.50. The first kappa shape index (κ1) is 13.5. The van der Waals surface area contributed by atoms with E-state index in [-0.39, 0.29) is 18.0 Å². The number of rotatable bonds is 9. The second-order valence-electron chi connectivity index (χ2n) is 4.54. The monoisotopic (exact) mass is 228 g/mol. The van der Waals surface area contributed by atoms with Gasteiger partial charge in [-0.25, -0.2) is 0 Å². The van der Waals surface area contributed by atoms with Crippen molar-refractivity contribution in [3.63, 3.8) is 0 Å². The van der Waals surface area contributed by atoms with Gasteiger partial charge in [-0.15, -0.1) is 0 Å². The molecule has 0 bridgehead atoms. The molecule has 0 aromatic rings. The number of epoxide rings is 1. The molecule has 1 fully saturated rings. The van der Waals surface area contributed by atoms with Crippen LogP contribution in [0.2, 0.25) is 0 Å². The van der Waals surface area contributed by atoms with Gasteiger partial charge in [0.15, 0.2) is 0 Å². The van der Waals surface area contributed by atoms with Crippen molar-refractivity contribution in [3.8, 4) is 0 Å².